The molecule has 0 bridgehead atoms. The fourth-order valence-corrected chi connectivity index (χ4v) is 2.19. The van der Waals surface area contributed by atoms with E-state index in [-0.39, 0.29) is 11.3 Å². The number of amides is 1. The number of carbonyl (C=O) groups excluding carboxylic acids is 1. The Morgan fingerprint density at radius 2 is 1.86 bits per heavy atom. The molecule has 1 amide bonds. The fourth-order valence-electron chi connectivity index (χ4n) is 1.67. The first-order valence-corrected chi connectivity index (χ1v) is 7.15. The minimum absolute atomic E-state index is 0.0207. The molecule has 0 aliphatic carbocycles. The largest absolute Gasteiger partial charge is 0.507 e. The third kappa shape index (κ3) is 3.83. The van der Waals surface area contributed by atoms with Crippen LogP contribution in [0.25, 0.3) is 6.08 Å². The second-order valence-corrected chi connectivity index (χ2v) is 5.32. The number of hydrogen-bond acceptors (Lipinski definition) is 3. The molecule has 2 aromatic rings. The van der Waals surface area contributed by atoms with Crippen LogP contribution in [-0.2, 0) is 4.79 Å². The summed E-state index contributed by atoms with van der Waals surface area (Å²) in [6, 6.07) is 15.7. The van der Waals surface area contributed by atoms with Gasteiger partial charge in [0.25, 0.3) is 5.91 Å². The molecule has 4 nitrogen and oxygen atoms in total. The first-order valence-electron chi connectivity index (χ1n) is 6.07. The quantitative estimate of drug-likeness (QED) is 0.479. The lowest BCUT2D eigenvalue weighted by Gasteiger charge is -2.06. The Labute approximate surface area is 135 Å². The topological polar surface area (TPSA) is 73.1 Å². The van der Waals surface area contributed by atoms with E-state index in [0.29, 0.717) is 11.3 Å². The number of phenolic OH excluding ortho intramolecular Hbond substituents is 1. The van der Waals surface area contributed by atoms with Crippen LogP contribution in [0.15, 0.2) is 54.1 Å². The number of hydrogen-bond donors (Lipinski definition) is 2. The van der Waals surface area contributed by atoms with Gasteiger partial charge in [0.15, 0.2) is 0 Å². The summed E-state index contributed by atoms with van der Waals surface area (Å²) in [6.45, 7) is 0. The van der Waals surface area contributed by atoms with Gasteiger partial charge in [-0.05, 0) is 46.9 Å². The van der Waals surface area contributed by atoms with Crippen LogP contribution in [-0.4, -0.2) is 11.0 Å². The summed E-state index contributed by atoms with van der Waals surface area (Å²) in [7, 11) is 0. The summed E-state index contributed by atoms with van der Waals surface area (Å²) >= 11 is 2.10. The molecule has 0 aliphatic rings. The van der Waals surface area contributed by atoms with Crippen LogP contribution in [0.1, 0.15) is 5.56 Å². The molecule has 0 spiro atoms. The third-order valence-corrected chi connectivity index (χ3v) is 3.66. The number of anilines is 1. The number of phenols is 1. The van der Waals surface area contributed by atoms with Crippen molar-refractivity contribution < 1.29 is 9.90 Å². The highest BCUT2D eigenvalue weighted by Crippen LogP contribution is 2.21. The number of nitrogens with one attached hydrogen (secondary N) is 1. The van der Waals surface area contributed by atoms with E-state index in [0.717, 1.165) is 3.57 Å². The van der Waals surface area contributed by atoms with Crippen molar-refractivity contribution in [3.05, 3.63) is 63.2 Å². The Morgan fingerprint density at radius 1 is 1.19 bits per heavy atom. The zero-order valence-electron chi connectivity index (χ0n) is 10.9. The molecule has 2 rings (SSSR count). The van der Waals surface area contributed by atoms with Gasteiger partial charge in [-0.1, -0.05) is 30.3 Å². The predicted octanol–water partition coefficient (Wildman–Crippen LogP) is 3.54. The molecule has 0 fully saturated rings. The number of carbonyl (C=O) groups is 1. The minimum Gasteiger partial charge on any atom is -0.507 e. The van der Waals surface area contributed by atoms with E-state index in [1.165, 1.54) is 12.1 Å². The Morgan fingerprint density at radius 3 is 2.52 bits per heavy atom. The van der Waals surface area contributed by atoms with E-state index >= 15 is 0 Å². The molecule has 0 heterocycles. The molecule has 0 atom stereocenters. The summed E-state index contributed by atoms with van der Waals surface area (Å²) in [5.74, 6) is -0.489. The lowest BCUT2D eigenvalue weighted by Crippen LogP contribution is -2.14. The molecule has 0 saturated carbocycles. The van der Waals surface area contributed by atoms with Crippen molar-refractivity contribution in [2.75, 3.05) is 5.32 Å². The number of aromatic hydroxyl groups is 1. The van der Waals surface area contributed by atoms with E-state index in [2.05, 4.69) is 27.9 Å². The van der Waals surface area contributed by atoms with E-state index < -0.39 is 5.91 Å². The molecule has 0 radical (unpaired) electrons. The fraction of sp³-hybridized carbons (Fsp3) is 0. The second-order valence-electron chi connectivity index (χ2n) is 4.16. The number of halogens is 1. The van der Waals surface area contributed by atoms with Crippen LogP contribution in [0.4, 0.5) is 5.69 Å². The van der Waals surface area contributed by atoms with Crippen LogP contribution in [0, 0.1) is 14.9 Å². The predicted molar refractivity (Wildman–Crippen MR) is 89.5 cm³/mol. The first-order chi connectivity index (χ1) is 10.1. The highest BCUT2D eigenvalue weighted by Gasteiger charge is 2.11. The SMILES string of the molecule is N#CC(=Cc1ccccc1O)C(=O)Nc1ccccc1I. The molecule has 0 saturated heterocycles. The number of nitriles is 1. The maximum absolute atomic E-state index is 12.1. The van der Waals surface area contributed by atoms with Crippen molar-refractivity contribution in [2.45, 2.75) is 0 Å². The summed E-state index contributed by atoms with van der Waals surface area (Å²) in [5, 5.41) is 21.5. The summed E-state index contributed by atoms with van der Waals surface area (Å²) in [4.78, 5) is 12.1. The van der Waals surface area contributed by atoms with Crippen LogP contribution in [0.3, 0.4) is 0 Å². The van der Waals surface area contributed by atoms with Gasteiger partial charge in [-0.3, -0.25) is 4.79 Å². The number of para-hydroxylation sites is 2. The van der Waals surface area contributed by atoms with Gasteiger partial charge in [0.2, 0.25) is 0 Å². The molecule has 2 N–H and O–H groups in total. The number of rotatable bonds is 3. The van der Waals surface area contributed by atoms with Crippen LogP contribution in [0.2, 0.25) is 0 Å². The molecule has 5 heteroatoms. The van der Waals surface area contributed by atoms with Crippen molar-refractivity contribution in [3.8, 4) is 11.8 Å². The van der Waals surface area contributed by atoms with Crippen molar-refractivity contribution in [3.63, 3.8) is 0 Å². The Kier molecular flexibility index (Phi) is 4.95. The maximum Gasteiger partial charge on any atom is 0.266 e. The van der Waals surface area contributed by atoms with Gasteiger partial charge < -0.3 is 10.4 Å². The Hall–Kier alpha value is -2.33. The van der Waals surface area contributed by atoms with E-state index in [1.807, 2.05) is 18.2 Å². The molecule has 0 aromatic heterocycles. The minimum atomic E-state index is -0.509. The van der Waals surface area contributed by atoms with Crippen molar-refractivity contribution >= 4 is 40.3 Å². The first kappa shape index (κ1) is 15.1. The van der Waals surface area contributed by atoms with Gasteiger partial charge in [0.05, 0.1) is 5.69 Å². The van der Waals surface area contributed by atoms with Gasteiger partial charge in [0, 0.05) is 9.13 Å². The Bertz CT molecular complexity index is 748. The summed E-state index contributed by atoms with van der Waals surface area (Å²) in [6.07, 6.45) is 1.36. The molecule has 0 aliphatic heterocycles. The highest BCUT2D eigenvalue weighted by molar-refractivity contribution is 14.1. The molecule has 104 valence electrons. The van der Waals surface area contributed by atoms with Crippen LogP contribution >= 0.6 is 22.6 Å². The van der Waals surface area contributed by atoms with Crippen molar-refractivity contribution in [2.24, 2.45) is 0 Å². The standard InChI is InChI=1S/C16H11IN2O2/c17-13-6-2-3-7-14(13)19-16(21)12(10-18)9-11-5-1-4-8-15(11)20/h1-9,20H,(H,19,21). The van der Waals surface area contributed by atoms with Crippen LogP contribution in [0.5, 0.6) is 5.75 Å². The smallest absolute Gasteiger partial charge is 0.266 e. The van der Waals surface area contributed by atoms with E-state index in [9.17, 15) is 9.90 Å². The van der Waals surface area contributed by atoms with Gasteiger partial charge in [-0.25, -0.2) is 0 Å². The summed E-state index contributed by atoms with van der Waals surface area (Å²) in [5.41, 5.74) is 0.990. The second kappa shape index (κ2) is 6.90. The van der Waals surface area contributed by atoms with Gasteiger partial charge in [-0.15, -0.1) is 0 Å². The van der Waals surface area contributed by atoms with E-state index in [1.54, 1.807) is 30.3 Å². The molecular weight excluding hydrogens is 379 g/mol. The molecule has 2 aromatic carbocycles. The third-order valence-electron chi connectivity index (χ3n) is 2.72. The zero-order valence-corrected chi connectivity index (χ0v) is 13.0. The molecule has 21 heavy (non-hydrogen) atoms. The highest BCUT2D eigenvalue weighted by atomic mass is 127. The lowest BCUT2D eigenvalue weighted by molar-refractivity contribution is -0.112. The lowest BCUT2D eigenvalue weighted by atomic mass is 10.1. The number of nitrogens with zero attached hydrogens (tertiary/aromatic N) is 1. The maximum atomic E-state index is 12.1. The molecule has 0 unspecified atom stereocenters. The van der Waals surface area contributed by atoms with E-state index in [4.69, 9.17) is 5.26 Å². The van der Waals surface area contributed by atoms with Gasteiger partial charge in [0.1, 0.15) is 17.4 Å². The van der Waals surface area contributed by atoms with Gasteiger partial charge in [-0.2, -0.15) is 5.26 Å². The normalized spacial score (nSPS) is 10.8. The van der Waals surface area contributed by atoms with Gasteiger partial charge >= 0.3 is 0 Å². The Balaban J connectivity index is 2.26. The number of benzene rings is 2. The van der Waals surface area contributed by atoms with Crippen molar-refractivity contribution in [1.82, 2.24) is 0 Å². The zero-order chi connectivity index (χ0) is 15.2. The molecular formula is C16H11IN2O2. The average molecular weight is 390 g/mol. The van der Waals surface area contributed by atoms with Crippen LogP contribution < -0.4 is 5.32 Å². The summed E-state index contributed by atoms with van der Waals surface area (Å²) < 4.78 is 0.878. The monoisotopic (exact) mass is 390 g/mol. The average Bonchev–Trinajstić information content (AvgIpc) is 2.48. The van der Waals surface area contributed by atoms with Crippen molar-refractivity contribution in [1.29, 1.82) is 5.26 Å².